The Hall–Kier alpha value is -2.40. The van der Waals surface area contributed by atoms with E-state index in [4.69, 9.17) is 4.98 Å². The number of anilines is 1. The first kappa shape index (κ1) is 19.4. The molecular formula is C22H29FN4. The van der Waals surface area contributed by atoms with Crippen molar-refractivity contribution in [2.24, 2.45) is 0 Å². The van der Waals surface area contributed by atoms with Gasteiger partial charge in [-0.25, -0.2) is 9.37 Å². The van der Waals surface area contributed by atoms with Gasteiger partial charge < -0.3 is 14.8 Å². The number of imidazole rings is 1. The molecule has 0 aliphatic carbocycles. The Balaban J connectivity index is 2.03. The summed E-state index contributed by atoms with van der Waals surface area (Å²) in [7, 11) is 4.11. The molecule has 3 aromatic rings. The van der Waals surface area contributed by atoms with E-state index in [-0.39, 0.29) is 5.82 Å². The number of aryl methyl sites for hydroxylation is 4. The standard InChI is InChI=1S/C22H29FN4/c1-14-11-19-20(12-15(14)2)27(22(25-19)24-7-8-26(5)6)13-18-9-16(3)21(23)17(4)10-18/h9-12H,7-8,13H2,1-6H3,(H,24,25). The molecular weight excluding hydrogens is 339 g/mol. The molecule has 5 heteroatoms. The van der Waals surface area contributed by atoms with Crippen LogP contribution in [0.1, 0.15) is 27.8 Å². The number of likely N-dealkylation sites (N-methyl/N-ethyl adjacent to an activating group) is 1. The Labute approximate surface area is 161 Å². The van der Waals surface area contributed by atoms with Gasteiger partial charge in [-0.2, -0.15) is 0 Å². The normalized spacial score (nSPS) is 11.6. The molecule has 27 heavy (non-hydrogen) atoms. The van der Waals surface area contributed by atoms with Crippen LogP contribution < -0.4 is 5.32 Å². The Bertz CT molecular complexity index is 949. The predicted octanol–water partition coefficient (Wildman–Crippen LogP) is 4.43. The molecule has 0 unspecified atom stereocenters. The van der Waals surface area contributed by atoms with Crippen LogP contribution in [0.25, 0.3) is 11.0 Å². The molecule has 2 aromatic carbocycles. The molecule has 0 bridgehead atoms. The van der Waals surface area contributed by atoms with Gasteiger partial charge in [0.05, 0.1) is 17.6 Å². The lowest BCUT2D eigenvalue weighted by molar-refractivity contribution is 0.424. The number of hydrogen-bond donors (Lipinski definition) is 1. The second kappa shape index (κ2) is 7.69. The average molecular weight is 369 g/mol. The molecule has 0 fully saturated rings. The molecule has 0 atom stereocenters. The van der Waals surface area contributed by atoms with Gasteiger partial charge >= 0.3 is 0 Å². The van der Waals surface area contributed by atoms with Crippen LogP contribution in [0.2, 0.25) is 0 Å². The lowest BCUT2D eigenvalue weighted by Crippen LogP contribution is -2.22. The molecule has 0 spiro atoms. The monoisotopic (exact) mass is 368 g/mol. The number of benzene rings is 2. The molecule has 0 aliphatic rings. The van der Waals surface area contributed by atoms with Crippen molar-refractivity contribution in [1.29, 1.82) is 0 Å². The SMILES string of the molecule is Cc1cc2nc(NCCN(C)C)n(Cc3cc(C)c(F)c(C)c3)c2cc1C. The van der Waals surface area contributed by atoms with Crippen LogP contribution in [-0.2, 0) is 6.54 Å². The number of nitrogens with one attached hydrogen (secondary N) is 1. The zero-order valence-electron chi connectivity index (χ0n) is 17.2. The number of aromatic nitrogens is 2. The first-order valence-corrected chi connectivity index (χ1v) is 9.38. The highest BCUT2D eigenvalue weighted by Crippen LogP contribution is 2.25. The van der Waals surface area contributed by atoms with Crippen LogP contribution in [0.5, 0.6) is 0 Å². The molecule has 144 valence electrons. The number of fused-ring (bicyclic) bond motifs is 1. The second-order valence-corrected chi connectivity index (χ2v) is 7.72. The van der Waals surface area contributed by atoms with E-state index >= 15 is 0 Å². The minimum absolute atomic E-state index is 0.120. The third kappa shape index (κ3) is 4.14. The number of nitrogens with zero attached hydrogens (tertiary/aromatic N) is 3. The van der Waals surface area contributed by atoms with Crippen LogP contribution in [0, 0.1) is 33.5 Å². The molecule has 1 aromatic heterocycles. The summed E-state index contributed by atoms with van der Waals surface area (Å²) in [5.74, 6) is 0.738. The number of halogens is 1. The molecule has 3 rings (SSSR count). The van der Waals surface area contributed by atoms with E-state index in [1.165, 1.54) is 11.1 Å². The van der Waals surface area contributed by atoms with E-state index in [0.717, 1.165) is 35.6 Å². The fraction of sp³-hybridized carbons (Fsp3) is 0.409. The summed E-state index contributed by atoms with van der Waals surface area (Å²) in [6.45, 7) is 10.3. The summed E-state index contributed by atoms with van der Waals surface area (Å²) in [4.78, 5) is 6.97. The average Bonchev–Trinajstić information content (AvgIpc) is 2.89. The van der Waals surface area contributed by atoms with Crippen molar-refractivity contribution in [3.8, 4) is 0 Å². The molecule has 0 radical (unpaired) electrons. The fourth-order valence-electron chi connectivity index (χ4n) is 3.38. The molecule has 0 aliphatic heterocycles. The summed E-state index contributed by atoms with van der Waals surface area (Å²) >= 11 is 0. The van der Waals surface area contributed by atoms with Gasteiger partial charge in [-0.3, -0.25) is 0 Å². The number of rotatable bonds is 6. The van der Waals surface area contributed by atoms with Gasteiger partial charge in [-0.05, 0) is 81.7 Å². The van der Waals surface area contributed by atoms with Crippen LogP contribution in [0.15, 0.2) is 24.3 Å². The van der Waals surface area contributed by atoms with Crippen molar-refractivity contribution in [1.82, 2.24) is 14.5 Å². The number of hydrogen-bond acceptors (Lipinski definition) is 3. The highest BCUT2D eigenvalue weighted by molar-refractivity contribution is 5.80. The van der Waals surface area contributed by atoms with Crippen LogP contribution in [0.4, 0.5) is 10.3 Å². The first-order chi connectivity index (χ1) is 12.8. The predicted molar refractivity (Wildman–Crippen MR) is 111 cm³/mol. The first-order valence-electron chi connectivity index (χ1n) is 9.38. The second-order valence-electron chi connectivity index (χ2n) is 7.72. The molecule has 0 saturated carbocycles. The maximum atomic E-state index is 14.0. The van der Waals surface area contributed by atoms with Crippen molar-refractivity contribution in [2.45, 2.75) is 34.2 Å². The molecule has 0 amide bonds. The maximum absolute atomic E-state index is 14.0. The fourth-order valence-corrected chi connectivity index (χ4v) is 3.38. The van der Waals surface area contributed by atoms with E-state index in [9.17, 15) is 4.39 Å². The van der Waals surface area contributed by atoms with E-state index < -0.39 is 0 Å². The Morgan fingerprint density at radius 2 is 1.59 bits per heavy atom. The van der Waals surface area contributed by atoms with Gasteiger partial charge in [0.25, 0.3) is 0 Å². The summed E-state index contributed by atoms with van der Waals surface area (Å²) in [5.41, 5.74) is 7.02. The van der Waals surface area contributed by atoms with E-state index in [1.807, 2.05) is 26.0 Å². The Morgan fingerprint density at radius 1 is 0.963 bits per heavy atom. The molecule has 4 nitrogen and oxygen atoms in total. The third-order valence-electron chi connectivity index (χ3n) is 5.04. The van der Waals surface area contributed by atoms with Crippen molar-refractivity contribution < 1.29 is 4.39 Å². The summed E-state index contributed by atoms with van der Waals surface area (Å²) < 4.78 is 16.2. The quantitative estimate of drug-likeness (QED) is 0.699. The molecule has 1 N–H and O–H groups in total. The highest BCUT2D eigenvalue weighted by Gasteiger charge is 2.14. The van der Waals surface area contributed by atoms with E-state index in [2.05, 4.69) is 54.9 Å². The maximum Gasteiger partial charge on any atom is 0.204 e. The van der Waals surface area contributed by atoms with Crippen molar-refractivity contribution >= 4 is 17.0 Å². The Kier molecular flexibility index (Phi) is 5.51. The molecule has 0 saturated heterocycles. The van der Waals surface area contributed by atoms with Gasteiger partial charge in [0.2, 0.25) is 5.95 Å². The highest BCUT2D eigenvalue weighted by atomic mass is 19.1. The Morgan fingerprint density at radius 3 is 2.22 bits per heavy atom. The van der Waals surface area contributed by atoms with Gasteiger partial charge in [-0.1, -0.05) is 12.1 Å². The minimum atomic E-state index is -0.120. The van der Waals surface area contributed by atoms with Crippen molar-refractivity contribution in [3.05, 3.63) is 57.9 Å². The minimum Gasteiger partial charge on any atom is -0.354 e. The van der Waals surface area contributed by atoms with E-state index in [1.54, 1.807) is 0 Å². The lowest BCUT2D eigenvalue weighted by Gasteiger charge is -2.14. The topological polar surface area (TPSA) is 33.1 Å². The van der Waals surface area contributed by atoms with Gasteiger partial charge in [0.1, 0.15) is 5.82 Å². The van der Waals surface area contributed by atoms with Crippen LogP contribution >= 0.6 is 0 Å². The van der Waals surface area contributed by atoms with Gasteiger partial charge in [0, 0.05) is 13.1 Å². The zero-order chi connectivity index (χ0) is 19.7. The largest absolute Gasteiger partial charge is 0.354 e. The summed E-state index contributed by atoms with van der Waals surface area (Å²) in [6, 6.07) is 8.19. The smallest absolute Gasteiger partial charge is 0.204 e. The van der Waals surface area contributed by atoms with Gasteiger partial charge in [-0.15, -0.1) is 0 Å². The molecule has 1 heterocycles. The summed E-state index contributed by atoms with van der Waals surface area (Å²) in [6.07, 6.45) is 0. The zero-order valence-corrected chi connectivity index (χ0v) is 17.2. The lowest BCUT2D eigenvalue weighted by atomic mass is 10.1. The van der Waals surface area contributed by atoms with E-state index in [0.29, 0.717) is 17.7 Å². The summed E-state index contributed by atoms with van der Waals surface area (Å²) in [5, 5.41) is 3.47. The van der Waals surface area contributed by atoms with Crippen molar-refractivity contribution in [3.63, 3.8) is 0 Å². The van der Waals surface area contributed by atoms with Crippen LogP contribution in [0.3, 0.4) is 0 Å². The van der Waals surface area contributed by atoms with Crippen LogP contribution in [-0.4, -0.2) is 41.6 Å². The van der Waals surface area contributed by atoms with Gasteiger partial charge in [0.15, 0.2) is 0 Å². The third-order valence-corrected chi connectivity index (χ3v) is 5.04. The van der Waals surface area contributed by atoms with Crippen molar-refractivity contribution in [2.75, 3.05) is 32.5 Å².